The summed E-state index contributed by atoms with van der Waals surface area (Å²) < 4.78 is 96.7. The third kappa shape index (κ3) is 5.46. The maximum Gasteiger partial charge on any atom is 0.511 e. The molecule has 5 nitrogen and oxygen atoms in total. The molecule has 0 spiro atoms. The van der Waals surface area contributed by atoms with Gasteiger partial charge in [0.25, 0.3) is 0 Å². The lowest BCUT2D eigenvalue weighted by molar-refractivity contribution is -0.150. The molecule has 0 aliphatic carbocycles. The third-order valence-electron chi connectivity index (χ3n) is 1.52. The summed E-state index contributed by atoms with van der Waals surface area (Å²) in [7, 11) is -5.63. The predicted octanol–water partition coefficient (Wildman–Crippen LogP) is 1.09. The Kier molecular flexibility index (Phi) is 5.38. The number of carbonyl (C=O) groups is 1. The molecule has 0 aromatic rings. The number of rotatable bonds is 5. The van der Waals surface area contributed by atoms with Crippen LogP contribution in [0.2, 0.25) is 0 Å². The Bertz CT molecular complexity index is 451. The Morgan fingerprint density at radius 2 is 1.63 bits per heavy atom. The molecule has 0 saturated carbocycles. The summed E-state index contributed by atoms with van der Waals surface area (Å²) in [5.41, 5.74) is -7.42. The van der Waals surface area contributed by atoms with Crippen molar-refractivity contribution in [2.45, 2.75) is 11.7 Å². The Balaban J connectivity index is 4.22. The molecule has 1 N–H and O–H groups in total. The Morgan fingerprint density at radius 3 is 2.00 bits per heavy atom. The van der Waals surface area contributed by atoms with Gasteiger partial charge in [-0.3, -0.25) is 0 Å². The van der Waals surface area contributed by atoms with Gasteiger partial charge in [0.15, 0.2) is 0 Å². The lowest BCUT2D eigenvalue weighted by Gasteiger charge is -2.11. The Labute approximate surface area is 103 Å². The lowest BCUT2D eigenvalue weighted by Crippen LogP contribution is -2.38. The molecule has 0 aliphatic rings. The van der Waals surface area contributed by atoms with E-state index in [0.717, 1.165) is 4.72 Å². The molecule has 0 heterocycles. The molecular weight excluding hydrogens is 308 g/mol. The Hall–Kier alpha value is -1.30. The molecule has 0 aromatic carbocycles. The van der Waals surface area contributed by atoms with Gasteiger partial charge in [0.1, 0.15) is 12.2 Å². The second-order valence-electron chi connectivity index (χ2n) is 2.96. The standard InChI is InChI=1S/C7H7F6NO4S/c1-4(6(8,9)10)5(15)18-3-2-14-19(16,17)7(11,12)13/h14H,1-3H2. The smallest absolute Gasteiger partial charge is 0.461 e. The molecule has 19 heavy (non-hydrogen) atoms. The maximum absolute atomic E-state index is 11.9. The van der Waals surface area contributed by atoms with Gasteiger partial charge in [0, 0.05) is 6.54 Å². The van der Waals surface area contributed by atoms with Crippen LogP contribution in [0.25, 0.3) is 0 Å². The number of hydrogen-bond donors (Lipinski definition) is 1. The summed E-state index contributed by atoms with van der Waals surface area (Å²) in [5, 5.41) is 0. The van der Waals surface area contributed by atoms with Crippen LogP contribution in [0.1, 0.15) is 0 Å². The fraction of sp³-hybridized carbons (Fsp3) is 0.571. The molecule has 0 radical (unpaired) electrons. The summed E-state index contributed by atoms with van der Waals surface area (Å²) in [6.07, 6.45) is -5.04. The average Bonchev–Trinajstić information content (AvgIpc) is 2.20. The van der Waals surface area contributed by atoms with E-state index >= 15 is 0 Å². The second-order valence-corrected chi connectivity index (χ2v) is 4.71. The van der Waals surface area contributed by atoms with Crippen LogP contribution in [-0.2, 0) is 19.6 Å². The van der Waals surface area contributed by atoms with Crippen LogP contribution in [-0.4, -0.2) is 39.2 Å². The van der Waals surface area contributed by atoms with Crippen molar-refractivity contribution >= 4 is 16.0 Å². The van der Waals surface area contributed by atoms with Crippen LogP contribution < -0.4 is 4.72 Å². The monoisotopic (exact) mass is 315 g/mol. The molecule has 0 bridgehead atoms. The zero-order valence-corrected chi connectivity index (χ0v) is 9.75. The van der Waals surface area contributed by atoms with Gasteiger partial charge in [-0.1, -0.05) is 6.58 Å². The van der Waals surface area contributed by atoms with Crippen LogP contribution in [0, 0.1) is 0 Å². The van der Waals surface area contributed by atoms with Crippen molar-refractivity contribution in [3.63, 3.8) is 0 Å². The van der Waals surface area contributed by atoms with E-state index in [4.69, 9.17) is 0 Å². The molecule has 0 unspecified atom stereocenters. The topological polar surface area (TPSA) is 72.5 Å². The SMILES string of the molecule is C=C(C(=O)OCCNS(=O)(=O)C(F)(F)F)C(F)(F)F. The number of alkyl halides is 6. The summed E-state index contributed by atoms with van der Waals surface area (Å²) in [5.74, 6) is -1.90. The van der Waals surface area contributed by atoms with Crippen LogP contribution in [0.3, 0.4) is 0 Å². The molecule has 0 fully saturated rings. The number of ether oxygens (including phenoxy) is 1. The quantitative estimate of drug-likeness (QED) is 0.357. The summed E-state index contributed by atoms with van der Waals surface area (Å²) in [6.45, 7) is 0.335. The van der Waals surface area contributed by atoms with E-state index in [-0.39, 0.29) is 0 Å². The van der Waals surface area contributed by atoms with E-state index in [2.05, 4.69) is 11.3 Å². The molecule has 0 amide bonds. The van der Waals surface area contributed by atoms with Gasteiger partial charge in [-0.25, -0.2) is 17.9 Å². The van der Waals surface area contributed by atoms with Crippen LogP contribution in [0.4, 0.5) is 26.3 Å². The van der Waals surface area contributed by atoms with Gasteiger partial charge < -0.3 is 4.74 Å². The number of carbonyl (C=O) groups excluding carboxylic acids is 1. The Morgan fingerprint density at radius 1 is 1.16 bits per heavy atom. The van der Waals surface area contributed by atoms with Gasteiger partial charge in [-0.05, 0) is 0 Å². The third-order valence-corrected chi connectivity index (χ3v) is 2.71. The van der Waals surface area contributed by atoms with Crippen molar-refractivity contribution in [1.29, 1.82) is 0 Å². The number of nitrogens with one attached hydrogen (secondary N) is 1. The number of hydrogen-bond acceptors (Lipinski definition) is 4. The predicted molar refractivity (Wildman–Crippen MR) is 49.1 cm³/mol. The second kappa shape index (κ2) is 5.77. The van der Waals surface area contributed by atoms with E-state index in [0.29, 0.717) is 0 Å². The van der Waals surface area contributed by atoms with Gasteiger partial charge in [-0.15, -0.1) is 0 Å². The average molecular weight is 315 g/mol. The highest BCUT2D eigenvalue weighted by Crippen LogP contribution is 2.24. The number of halogens is 6. The molecule has 0 atom stereocenters. The first kappa shape index (κ1) is 17.7. The molecular formula is C7H7F6NO4S. The zero-order valence-electron chi connectivity index (χ0n) is 8.93. The molecule has 0 rings (SSSR count). The van der Waals surface area contributed by atoms with Gasteiger partial charge in [0.05, 0.1) is 0 Å². The van der Waals surface area contributed by atoms with Crippen molar-refractivity contribution in [1.82, 2.24) is 4.72 Å². The molecule has 12 heteroatoms. The van der Waals surface area contributed by atoms with Crippen molar-refractivity contribution in [3.8, 4) is 0 Å². The molecule has 0 aromatic heterocycles. The molecule has 112 valence electrons. The van der Waals surface area contributed by atoms with Crippen LogP contribution >= 0.6 is 0 Å². The van der Waals surface area contributed by atoms with Gasteiger partial charge >= 0.3 is 27.7 Å². The van der Waals surface area contributed by atoms with Crippen LogP contribution in [0.15, 0.2) is 12.2 Å². The summed E-state index contributed by atoms with van der Waals surface area (Å²) in [4.78, 5) is 10.7. The fourth-order valence-corrected chi connectivity index (χ4v) is 1.12. The fourth-order valence-electron chi connectivity index (χ4n) is 0.604. The largest absolute Gasteiger partial charge is 0.511 e. The number of sulfonamides is 1. The molecule has 0 aliphatic heterocycles. The highest BCUT2D eigenvalue weighted by Gasteiger charge is 2.45. The number of esters is 1. The lowest BCUT2D eigenvalue weighted by atomic mass is 10.3. The van der Waals surface area contributed by atoms with E-state index in [1.807, 2.05) is 0 Å². The summed E-state index contributed by atoms with van der Waals surface area (Å²) in [6, 6.07) is 0. The highest BCUT2D eigenvalue weighted by molar-refractivity contribution is 7.90. The summed E-state index contributed by atoms with van der Waals surface area (Å²) >= 11 is 0. The first-order valence-corrected chi connectivity index (χ1v) is 5.76. The highest BCUT2D eigenvalue weighted by atomic mass is 32.2. The first-order chi connectivity index (χ1) is 8.29. The zero-order chi connectivity index (χ0) is 15.5. The van der Waals surface area contributed by atoms with Crippen molar-refractivity contribution in [2.75, 3.05) is 13.2 Å². The first-order valence-electron chi connectivity index (χ1n) is 4.28. The van der Waals surface area contributed by atoms with Crippen LogP contribution in [0.5, 0.6) is 0 Å². The van der Waals surface area contributed by atoms with Gasteiger partial charge in [-0.2, -0.15) is 26.3 Å². The van der Waals surface area contributed by atoms with E-state index in [9.17, 15) is 39.6 Å². The minimum Gasteiger partial charge on any atom is -0.461 e. The van der Waals surface area contributed by atoms with Gasteiger partial charge in [0.2, 0.25) is 0 Å². The molecule has 0 saturated heterocycles. The van der Waals surface area contributed by atoms with E-state index in [1.54, 1.807) is 0 Å². The minimum atomic E-state index is -5.63. The maximum atomic E-state index is 11.9. The van der Waals surface area contributed by atoms with Crippen molar-refractivity contribution < 1.29 is 44.3 Å². The van der Waals surface area contributed by atoms with Crippen molar-refractivity contribution in [3.05, 3.63) is 12.2 Å². The normalized spacial score (nSPS) is 13.2. The van der Waals surface area contributed by atoms with E-state index in [1.165, 1.54) is 0 Å². The minimum absolute atomic E-state index is 0.991. The van der Waals surface area contributed by atoms with E-state index < -0.39 is 46.4 Å². The van der Waals surface area contributed by atoms with Crippen molar-refractivity contribution in [2.24, 2.45) is 0 Å².